The zero-order chi connectivity index (χ0) is 23.3. The zero-order valence-electron chi connectivity index (χ0n) is 19.7. The van der Waals surface area contributed by atoms with Gasteiger partial charge in [0.1, 0.15) is 6.10 Å². The van der Waals surface area contributed by atoms with E-state index in [2.05, 4.69) is 50.0 Å². The Kier molecular flexibility index (Phi) is 7.55. The van der Waals surface area contributed by atoms with E-state index in [0.29, 0.717) is 26.4 Å². The van der Waals surface area contributed by atoms with Crippen LogP contribution in [0, 0.1) is 0 Å². The van der Waals surface area contributed by atoms with E-state index in [1.54, 1.807) is 12.5 Å². The molecular weight excluding hydrogens is 436 g/mol. The minimum Gasteiger partial charge on any atom is -0.374 e. The summed E-state index contributed by atoms with van der Waals surface area (Å²) in [4.78, 5) is 4.16. The molecule has 3 aromatic rings. The van der Waals surface area contributed by atoms with Gasteiger partial charge in [-0.05, 0) is 40.7 Å². The molecule has 4 rings (SSSR count). The van der Waals surface area contributed by atoms with Crippen molar-refractivity contribution < 1.29 is 14.2 Å². The molecule has 1 aliphatic heterocycles. The molecule has 1 aromatic heterocycles. The SMILES string of the molecule is CC(C)(C)c1ccc(COCC2COC(CCc3ccc(Cl)cc3)(Cn3ccnc3)O2)cc1. The second kappa shape index (κ2) is 10.4. The van der Waals surface area contributed by atoms with Crippen molar-refractivity contribution >= 4 is 11.6 Å². The Morgan fingerprint density at radius 2 is 1.82 bits per heavy atom. The molecule has 5 nitrogen and oxygen atoms in total. The zero-order valence-corrected chi connectivity index (χ0v) is 20.4. The Morgan fingerprint density at radius 3 is 2.48 bits per heavy atom. The van der Waals surface area contributed by atoms with Gasteiger partial charge in [0.2, 0.25) is 0 Å². The van der Waals surface area contributed by atoms with Gasteiger partial charge in [-0.2, -0.15) is 0 Å². The van der Waals surface area contributed by atoms with Crippen LogP contribution in [0.15, 0.2) is 67.3 Å². The summed E-state index contributed by atoms with van der Waals surface area (Å²) in [5.74, 6) is -0.706. The lowest BCUT2D eigenvalue weighted by Gasteiger charge is -2.28. The highest BCUT2D eigenvalue weighted by atomic mass is 35.5. The number of aryl methyl sites for hydroxylation is 1. The molecule has 1 aliphatic rings. The number of hydrogen-bond acceptors (Lipinski definition) is 4. The number of hydrogen-bond donors (Lipinski definition) is 0. The molecule has 0 bridgehead atoms. The van der Waals surface area contributed by atoms with Crippen LogP contribution in [0.2, 0.25) is 5.02 Å². The van der Waals surface area contributed by atoms with Gasteiger partial charge in [0.05, 0.1) is 32.7 Å². The molecule has 0 amide bonds. The van der Waals surface area contributed by atoms with E-state index in [4.69, 9.17) is 25.8 Å². The summed E-state index contributed by atoms with van der Waals surface area (Å²) in [7, 11) is 0. The lowest BCUT2D eigenvalue weighted by Crippen LogP contribution is -2.37. The fraction of sp³-hybridized carbons (Fsp3) is 0.444. The van der Waals surface area contributed by atoms with E-state index in [0.717, 1.165) is 23.4 Å². The van der Waals surface area contributed by atoms with E-state index >= 15 is 0 Å². The first-order chi connectivity index (χ1) is 15.8. The van der Waals surface area contributed by atoms with Crippen molar-refractivity contribution in [3.05, 3.63) is 89.0 Å². The van der Waals surface area contributed by atoms with Crippen LogP contribution in [0.4, 0.5) is 0 Å². The molecule has 2 aromatic carbocycles. The smallest absolute Gasteiger partial charge is 0.187 e. The van der Waals surface area contributed by atoms with Gasteiger partial charge in [-0.15, -0.1) is 0 Å². The van der Waals surface area contributed by atoms with E-state index in [1.165, 1.54) is 11.1 Å². The molecule has 6 heteroatoms. The van der Waals surface area contributed by atoms with Crippen molar-refractivity contribution in [2.24, 2.45) is 0 Å². The van der Waals surface area contributed by atoms with Crippen LogP contribution in [0.1, 0.15) is 43.9 Å². The monoisotopic (exact) mass is 468 g/mol. The lowest BCUT2D eigenvalue weighted by molar-refractivity contribution is -0.187. The van der Waals surface area contributed by atoms with Crippen LogP contribution < -0.4 is 0 Å². The molecule has 0 aliphatic carbocycles. The lowest BCUT2D eigenvalue weighted by atomic mass is 9.87. The molecule has 2 unspecified atom stereocenters. The summed E-state index contributed by atoms with van der Waals surface area (Å²) >= 11 is 6.03. The predicted molar refractivity (Wildman–Crippen MR) is 130 cm³/mol. The predicted octanol–water partition coefficient (Wildman–Crippen LogP) is 5.80. The molecule has 0 spiro atoms. The third-order valence-electron chi connectivity index (χ3n) is 6.00. The van der Waals surface area contributed by atoms with E-state index in [1.807, 2.05) is 35.0 Å². The summed E-state index contributed by atoms with van der Waals surface area (Å²) in [5, 5.41) is 0.741. The fourth-order valence-corrected chi connectivity index (χ4v) is 4.17. The van der Waals surface area contributed by atoms with Crippen LogP contribution in [0.25, 0.3) is 0 Å². The largest absolute Gasteiger partial charge is 0.374 e. The van der Waals surface area contributed by atoms with Crippen molar-refractivity contribution in [3.63, 3.8) is 0 Å². The molecular formula is C27H33ClN2O3. The van der Waals surface area contributed by atoms with Crippen LogP contribution in [-0.2, 0) is 39.2 Å². The van der Waals surface area contributed by atoms with Crippen molar-refractivity contribution in [1.29, 1.82) is 0 Å². The van der Waals surface area contributed by atoms with Gasteiger partial charge in [0.15, 0.2) is 5.79 Å². The van der Waals surface area contributed by atoms with E-state index in [9.17, 15) is 0 Å². The average molecular weight is 469 g/mol. The Balaban J connectivity index is 1.33. The first-order valence-corrected chi connectivity index (χ1v) is 11.9. The molecule has 0 radical (unpaired) electrons. The standard InChI is InChI=1S/C27H33ClN2O3/c1-26(2,3)23-8-4-22(5-9-23)16-31-17-25-18-32-27(33-25,19-30-15-14-29-20-30)13-12-21-6-10-24(28)11-7-21/h4-11,14-15,20,25H,12-13,16-19H2,1-3H3. The fourth-order valence-electron chi connectivity index (χ4n) is 4.05. The van der Waals surface area contributed by atoms with Gasteiger partial charge >= 0.3 is 0 Å². The second-order valence-electron chi connectivity index (χ2n) is 9.79. The van der Waals surface area contributed by atoms with Gasteiger partial charge in [-0.25, -0.2) is 4.98 Å². The molecule has 33 heavy (non-hydrogen) atoms. The molecule has 1 fully saturated rings. The molecule has 2 atom stereocenters. The maximum Gasteiger partial charge on any atom is 0.187 e. The third-order valence-corrected chi connectivity index (χ3v) is 6.25. The molecule has 0 N–H and O–H groups in total. The van der Waals surface area contributed by atoms with E-state index in [-0.39, 0.29) is 11.5 Å². The van der Waals surface area contributed by atoms with E-state index < -0.39 is 5.79 Å². The minimum atomic E-state index is -0.706. The summed E-state index contributed by atoms with van der Waals surface area (Å²) < 4.78 is 20.7. The number of imidazole rings is 1. The Hall–Kier alpha value is -2.18. The van der Waals surface area contributed by atoms with Crippen molar-refractivity contribution in [1.82, 2.24) is 9.55 Å². The minimum absolute atomic E-state index is 0.104. The summed E-state index contributed by atoms with van der Waals surface area (Å²) in [6.07, 6.45) is 6.96. The van der Waals surface area contributed by atoms with Crippen molar-refractivity contribution in [2.45, 2.75) is 64.1 Å². The summed E-state index contributed by atoms with van der Waals surface area (Å²) in [5.41, 5.74) is 3.84. The molecule has 2 heterocycles. The summed E-state index contributed by atoms with van der Waals surface area (Å²) in [6, 6.07) is 16.6. The first kappa shape index (κ1) is 24.0. The molecule has 1 saturated heterocycles. The Labute approximate surface area is 201 Å². The van der Waals surface area contributed by atoms with Crippen LogP contribution in [0.5, 0.6) is 0 Å². The highest BCUT2D eigenvalue weighted by Crippen LogP contribution is 2.31. The maximum absolute atomic E-state index is 6.45. The Bertz CT molecular complexity index is 997. The van der Waals surface area contributed by atoms with Crippen LogP contribution >= 0.6 is 11.6 Å². The quantitative estimate of drug-likeness (QED) is 0.398. The van der Waals surface area contributed by atoms with Gasteiger partial charge in [-0.1, -0.05) is 68.8 Å². The van der Waals surface area contributed by atoms with Gasteiger partial charge in [0.25, 0.3) is 0 Å². The van der Waals surface area contributed by atoms with Crippen molar-refractivity contribution in [3.8, 4) is 0 Å². The van der Waals surface area contributed by atoms with Crippen LogP contribution in [0.3, 0.4) is 0 Å². The second-order valence-corrected chi connectivity index (χ2v) is 10.2. The third kappa shape index (κ3) is 6.67. The number of rotatable bonds is 9. The molecule has 176 valence electrons. The van der Waals surface area contributed by atoms with Gasteiger partial charge in [-0.3, -0.25) is 0 Å². The number of halogens is 1. The highest BCUT2D eigenvalue weighted by molar-refractivity contribution is 6.30. The number of aromatic nitrogens is 2. The Morgan fingerprint density at radius 1 is 1.09 bits per heavy atom. The summed E-state index contributed by atoms with van der Waals surface area (Å²) in [6.45, 7) is 8.82. The highest BCUT2D eigenvalue weighted by Gasteiger charge is 2.41. The number of nitrogens with zero attached hydrogens (tertiary/aromatic N) is 2. The maximum atomic E-state index is 6.45. The van der Waals surface area contributed by atoms with Gasteiger partial charge in [0, 0.05) is 23.8 Å². The van der Waals surface area contributed by atoms with Crippen LogP contribution in [-0.4, -0.2) is 34.7 Å². The van der Waals surface area contributed by atoms with Gasteiger partial charge < -0.3 is 18.8 Å². The number of benzene rings is 2. The molecule has 0 saturated carbocycles. The van der Waals surface area contributed by atoms with Crippen molar-refractivity contribution in [2.75, 3.05) is 13.2 Å². The average Bonchev–Trinajstić information content (AvgIpc) is 3.44. The normalized spacial score (nSPS) is 20.9. The topological polar surface area (TPSA) is 45.5 Å². The first-order valence-electron chi connectivity index (χ1n) is 11.5. The number of ether oxygens (including phenoxy) is 3.